The van der Waals surface area contributed by atoms with Crippen LogP contribution in [0.3, 0.4) is 0 Å². The number of hydrogen-bond donors (Lipinski definition) is 1. The van der Waals surface area contributed by atoms with Crippen molar-refractivity contribution in [2.45, 2.75) is 6.42 Å². The van der Waals surface area contributed by atoms with Gasteiger partial charge in [0.2, 0.25) is 0 Å². The molecule has 0 bridgehead atoms. The molecule has 1 atom stereocenters. The van der Waals surface area contributed by atoms with Gasteiger partial charge in [-0.2, -0.15) is 0 Å². The molecule has 5 heteroatoms. The van der Waals surface area contributed by atoms with E-state index in [9.17, 15) is 9.59 Å². The van der Waals surface area contributed by atoms with Gasteiger partial charge in [0.25, 0.3) is 0 Å². The fourth-order valence-corrected chi connectivity index (χ4v) is 1.15. The van der Waals surface area contributed by atoms with Crippen molar-refractivity contribution in [3.05, 3.63) is 0 Å². The van der Waals surface area contributed by atoms with Gasteiger partial charge in [0, 0.05) is 6.42 Å². The molecule has 0 saturated carbocycles. The van der Waals surface area contributed by atoms with Crippen LogP contribution in [0.2, 0.25) is 0 Å². The average Bonchev–Trinajstić information content (AvgIpc) is 2.46. The van der Waals surface area contributed by atoms with Crippen molar-refractivity contribution >= 4 is 11.9 Å². The molecule has 0 spiro atoms. The number of methoxy groups -OCH3 is 1. The number of ether oxygens (including phenoxy) is 2. The van der Waals surface area contributed by atoms with Crippen molar-refractivity contribution in [3.63, 3.8) is 0 Å². The van der Waals surface area contributed by atoms with E-state index in [0.29, 0.717) is 0 Å². The lowest BCUT2D eigenvalue weighted by molar-refractivity contribution is -0.165. The molecule has 0 amide bonds. The summed E-state index contributed by atoms with van der Waals surface area (Å²) in [6.45, 7) is -0.396. The quantitative estimate of drug-likeness (QED) is 0.433. The molecule has 1 saturated heterocycles. The molecular formula is C7H10O5. The Balaban J connectivity index is 2.88. The smallest absolute Gasteiger partial charge is 0.326 e. The third-order valence-corrected chi connectivity index (χ3v) is 2.00. The summed E-state index contributed by atoms with van der Waals surface area (Å²) in [5.74, 6) is -1.43. The van der Waals surface area contributed by atoms with Crippen molar-refractivity contribution < 1.29 is 24.2 Å². The van der Waals surface area contributed by atoms with Crippen molar-refractivity contribution in [1.82, 2.24) is 0 Å². The number of hydrogen-bond acceptors (Lipinski definition) is 5. The van der Waals surface area contributed by atoms with Crippen LogP contribution < -0.4 is 0 Å². The van der Waals surface area contributed by atoms with Gasteiger partial charge in [0.1, 0.15) is 0 Å². The Hall–Kier alpha value is -1.10. The maximum absolute atomic E-state index is 11.1. The van der Waals surface area contributed by atoms with Crippen LogP contribution in [-0.2, 0) is 19.1 Å². The number of esters is 2. The maximum Gasteiger partial charge on any atom is 0.326 e. The van der Waals surface area contributed by atoms with Gasteiger partial charge < -0.3 is 14.6 Å². The van der Waals surface area contributed by atoms with Gasteiger partial charge in [-0.15, -0.1) is 0 Å². The second kappa shape index (κ2) is 3.10. The number of rotatable bonds is 2. The number of carbonyl (C=O) groups is 2. The van der Waals surface area contributed by atoms with Crippen LogP contribution >= 0.6 is 0 Å². The molecule has 1 rings (SSSR count). The highest BCUT2D eigenvalue weighted by molar-refractivity contribution is 6.01. The summed E-state index contributed by atoms with van der Waals surface area (Å²) in [5.41, 5.74) is -1.46. The summed E-state index contributed by atoms with van der Waals surface area (Å²) in [6.07, 6.45) is 0.189. The van der Waals surface area contributed by atoms with Gasteiger partial charge in [-0.1, -0.05) is 0 Å². The van der Waals surface area contributed by atoms with Crippen LogP contribution in [-0.4, -0.2) is 37.4 Å². The number of cyclic esters (lactones) is 1. The SMILES string of the molecule is COC(=O)C1(CO)CCOC1=O. The summed E-state index contributed by atoms with van der Waals surface area (Å²) in [7, 11) is 1.17. The molecular weight excluding hydrogens is 164 g/mol. The topological polar surface area (TPSA) is 72.8 Å². The number of carbonyl (C=O) groups excluding carboxylic acids is 2. The van der Waals surface area contributed by atoms with E-state index < -0.39 is 24.0 Å². The zero-order valence-corrected chi connectivity index (χ0v) is 6.70. The van der Waals surface area contributed by atoms with E-state index in [1.807, 2.05) is 0 Å². The first-order chi connectivity index (χ1) is 5.67. The number of aliphatic hydroxyl groups excluding tert-OH is 1. The van der Waals surface area contributed by atoms with Crippen LogP contribution in [0.15, 0.2) is 0 Å². The van der Waals surface area contributed by atoms with E-state index in [0.717, 1.165) is 0 Å². The van der Waals surface area contributed by atoms with Crippen LogP contribution in [0.4, 0.5) is 0 Å². The van der Waals surface area contributed by atoms with Crippen molar-refractivity contribution in [3.8, 4) is 0 Å². The van der Waals surface area contributed by atoms with Crippen molar-refractivity contribution in [1.29, 1.82) is 0 Å². The Morgan fingerprint density at radius 1 is 1.83 bits per heavy atom. The maximum atomic E-state index is 11.1. The van der Waals surface area contributed by atoms with Gasteiger partial charge in [0.05, 0.1) is 20.3 Å². The molecule has 1 N–H and O–H groups in total. The molecule has 12 heavy (non-hydrogen) atoms. The first-order valence-corrected chi connectivity index (χ1v) is 3.54. The van der Waals surface area contributed by atoms with Crippen LogP contribution in [0.25, 0.3) is 0 Å². The Kier molecular flexibility index (Phi) is 2.32. The van der Waals surface area contributed by atoms with E-state index >= 15 is 0 Å². The molecule has 1 aliphatic heterocycles. The van der Waals surface area contributed by atoms with Gasteiger partial charge >= 0.3 is 11.9 Å². The van der Waals surface area contributed by atoms with Crippen LogP contribution in [0.5, 0.6) is 0 Å². The van der Waals surface area contributed by atoms with Gasteiger partial charge in [0.15, 0.2) is 5.41 Å². The summed E-state index contributed by atoms with van der Waals surface area (Å²) in [4.78, 5) is 22.1. The molecule has 0 aromatic rings. The van der Waals surface area contributed by atoms with Gasteiger partial charge in [-0.3, -0.25) is 9.59 Å². The van der Waals surface area contributed by atoms with E-state index in [2.05, 4.69) is 9.47 Å². The molecule has 68 valence electrons. The van der Waals surface area contributed by atoms with E-state index in [1.54, 1.807) is 0 Å². The standard InChI is InChI=1S/C7H10O5/c1-11-5(9)7(4-8)2-3-12-6(7)10/h8H,2-4H2,1H3. The summed E-state index contributed by atoms with van der Waals surface area (Å²) >= 11 is 0. The largest absolute Gasteiger partial charge is 0.468 e. The third-order valence-electron chi connectivity index (χ3n) is 2.00. The first kappa shape index (κ1) is 8.99. The molecule has 0 radical (unpaired) electrons. The Morgan fingerprint density at radius 2 is 2.50 bits per heavy atom. The Morgan fingerprint density at radius 3 is 2.83 bits per heavy atom. The van der Waals surface area contributed by atoms with Crippen LogP contribution in [0.1, 0.15) is 6.42 Å². The van der Waals surface area contributed by atoms with Crippen molar-refractivity contribution in [2.24, 2.45) is 5.41 Å². The van der Waals surface area contributed by atoms with E-state index in [1.165, 1.54) is 7.11 Å². The zero-order valence-electron chi connectivity index (χ0n) is 6.70. The fraction of sp³-hybridized carbons (Fsp3) is 0.714. The van der Waals surface area contributed by atoms with Gasteiger partial charge in [-0.05, 0) is 0 Å². The average molecular weight is 174 g/mol. The summed E-state index contributed by atoms with van der Waals surface area (Å²) < 4.78 is 8.98. The zero-order chi connectivity index (χ0) is 9.19. The molecule has 1 heterocycles. The van der Waals surface area contributed by atoms with Crippen molar-refractivity contribution in [2.75, 3.05) is 20.3 Å². The molecule has 0 aromatic carbocycles. The summed E-state index contributed by atoms with van der Waals surface area (Å²) in [5, 5.41) is 8.89. The third kappa shape index (κ3) is 1.06. The Bertz CT molecular complexity index is 212. The molecule has 0 aliphatic carbocycles. The summed E-state index contributed by atoms with van der Waals surface area (Å²) in [6, 6.07) is 0. The molecule has 5 nitrogen and oxygen atoms in total. The predicted octanol–water partition coefficient (Wildman–Crippen LogP) is -0.915. The number of aliphatic hydroxyl groups is 1. The lowest BCUT2D eigenvalue weighted by Crippen LogP contribution is -2.40. The molecule has 1 fully saturated rings. The lowest BCUT2D eigenvalue weighted by atomic mass is 9.88. The highest BCUT2D eigenvalue weighted by Gasteiger charge is 2.52. The minimum atomic E-state index is -1.46. The second-order valence-corrected chi connectivity index (χ2v) is 2.62. The highest BCUT2D eigenvalue weighted by Crippen LogP contribution is 2.30. The normalized spacial score (nSPS) is 28.3. The minimum absolute atomic E-state index is 0.161. The monoisotopic (exact) mass is 174 g/mol. The predicted molar refractivity (Wildman–Crippen MR) is 37.1 cm³/mol. The minimum Gasteiger partial charge on any atom is -0.468 e. The van der Waals surface area contributed by atoms with Crippen LogP contribution in [0, 0.1) is 5.41 Å². The lowest BCUT2D eigenvalue weighted by Gasteiger charge is -2.17. The van der Waals surface area contributed by atoms with Gasteiger partial charge in [-0.25, -0.2) is 0 Å². The van der Waals surface area contributed by atoms with E-state index in [4.69, 9.17) is 5.11 Å². The highest BCUT2D eigenvalue weighted by atomic mass is 16.6. The second-order valence-electron chi connectivity index (χ2n) is 2.62. The Labute approximate surface area is 69.3 Å². The molecule has 0 aromatic heterocycles. The fourth-order valence-electron chi connectivity index (χ4n) is 1.15. The molecule has 1 aliphatic rings. The van der Waals surface area contributed by atoms with E-state index in [-0.39, 0.29) is 13.0 Å². The molecule has 1 unspecified atom stereocenters. The first-order valence-electron chi connectivity index (χ1n) is 3.54.